The van der Waals surface area contributed by atoms with E-state index < -0.39 is 0 Å². The highest BCUT2D eigenvalue weighted by molar-refractivity contribution is 7.13. The highest BCUT2D eigenvalue weighted by Crippen LogP contribution is 2.34. The molecule has 0 saturated carbocycles. The van der Waals surface area contributed by atoms with Crippen molar-refractivity contribution in [2.24, 2.45) is 0 Å². The van der Waals surface area contributed by atoms with E-state index in [2.05, 4.69) is 10.1 Å². The first-order chi connectivity index (χ1) is 12.1. The Bertz CT molecular complexity index is 915. The van der Waals surface area contributed by atoms with Crippen LogP contribution in [0.2, 0.25) is 0 Å². The van der Waals surface area contributed by atoms with Gasteiger partial charge in [-0.05, 0) is 44.4 Å². The number of aryl methyl sites for hydroxylation is 2. The Labute approximate surface area is 150 Å². The van der Waals surface area contributed by atoms with Gasteiger partial charge in [-0.15, -0.1) is 11.3 Å². The van der Waals surface area contributed by atoms with Crippen molar-refractivity contribution < 1.29 is 9.32 Å². The molecule has 0 spiro atoms. The molecule has 3 aromatic rings. The van der Waals surface area contributed by atoms with E-state index in [9.17, 15) is 4.79 Å². The SMILES string of the molecule is Cc1ccc(C(=O)N2CCC[C@H]2c2nc(-c3ccccc3C)no2)s1. The van der Waals surface area contributed by atoms with Gasteiger partial charge in [0.25, 0.3) is 5.91 Å². The number of benzene rings is 1. The molecule has 1 saturated heterocycles. The second-order valence-corrected chi connectivity index (χ2v) is 7.63. The molecule has 0 unspecified atom stereocenters. The minimum absolute atomic E-state index is 0.0521. The molecule has 5 nitrogen and oxygen atoms in total. The fourth-order valence-corrected chi connectivity index (χ4v) is 4.08. The third-order valence-corrected chi connectivity index (χ3v) is 5.57. The van der Waals surface area contributed by atoms with Crippen LogP contribution in [0, 0.1) is 13.8 Å². The number of carbonyl (C=O) groups is 1. The summed E-state index contributed by atoms with van der Waals surface area (Å²) in [4.78, 5) is 21.2. The summed E-state index contributed by atoms with van der Waals surface area (Å²) >= 11 is 1.53. The van der Waals surface area contributed by atoms with Crippen molar-refractivity contribution in [3.05, 3.63) is 57.6 Å². The molecule has 0 bridgehead atoms. The molecule has 4 rings (SSSR count). The molecule has 1 atom stereocenters. The Kier molecular flexibility index (Phi) is 4.13. The first-order valence-electron chi connectivity index (χ1n) is 8.40. The molecule has 0 radical (unpaired) electrons. The van der Waals surface area contributed by atoms with Gasteiger partial charge in [0.15, 0.2) is 0 Å². The molecule has 1 aliphatic heterocycles. The highest BCUT2D eigenvalue weighted by Gasteiger charge is 2.35. The largest absolute Gasteiger partial charge is 0.337 e. The van der Waals surface area contributed by atoms with Crippen LogP contribution in [0.5, 0.6) is 0 Å². The molecule has 2 aromatic heterocycles. The zero-order valence-corrected chi connectivity index (χ0v) is 15.0. The fourth-order valence-electron chi connectivity index (χ4n) is 3.26. The van der Waals surface area contributed by atoms with Gasteiger partial charge in [0.2, 0.25) is 11.7 Å². The smallest absolute Gasteiger partial charge is 0.264 e. The van der Waals surface area contributed by atoms with E-state index in [4.69, 9.17) is 4.52 Å². The van der Waals surface area contributed by atoms with Gasteiger partial charge in [0.05, 0.1) is 4.88 Å². The van der Waals surface area contributed by atoms with Crippen LogP contribution in [0.15, 0.2) is 40.9 Å². The number of likely N-dealkylation sites (tertiary alicyclic amines) is 1. The lowest BCUT2D eigenvalue weighted by atomic mass is 10.1. The third kappa shape index (κ3) is 2.98. The average molecular weight is 353 g/mol. The normalized spacial score (nSPS) is 17.2. The fraction of sp³-hybridized carbons (Fsp3) is 0.316. The summed E-state index contributed by atoms with van der Waals surface area (Å²) in [7, 11) is 0. The number of hydrogen-bond acceptors (Lipinski definition) is 5. The number of carbonyl (C=O) groups excluding carboxylic acids is 1. The zero-order valence-electron chi connectivity index (χ0n) is 14.2. The maximum Gasteiger partial charge on any atom is 0.264 e. The average Bonchev–Trinajstić information content (AvgIpc) is 3.34. The van der Waals surface area contributed by atoms with Gasteiger partial charge in [-0.2, -0.15) is 4.98 Å². The number of aromatic nitrogens is 2. The molecule has 25 heavy (non-hydrogen) atoms. The van der Waals surface area contributed by atoms with Crippen molar-refractivity contribution in [2.75, 3.05) is 6.54 Å². The summed E-state index contributed by atoms with van der Waals surface area (Å²) in [6.45, 7) is 4.76. The Morgan fingerprint density at radius 1 is 1.24 bits per heavy atom. The van der Waals surface area contributed by atoms with Gasteiger partial charge in [-0.25, -0.2) is 0 Å². The Morgan fingerprint density at radius 2 is 2.08 bits per heavy atom. The maximum atomic E-state index is 12.8. The Hall–Kier alpha value is -2.47. The molecule has 3 heterocycles. The second kappa shape index (κ2) is 6.44. The van der Waals surface area contributed by atoms with Gasteiger partial charge in [-0.1, -0.05) is 29.4 Å². The van der Waals surface area contributed by atoms with E-state index in [-0.39, 0.29) is 11.9 Å². The summed E-state index contributed by atoms with van der Waals surface area (Å²) in [5.41, 5.74) is 2.06. The number of rotatable bonds is 3. The summed E-state index contributed by atoms with van der Waals surface area (Å²) in [5, 5.41) is 4.14. The maximum absolute atomic E-state index is 12.8. The predicted molar refractivity (Wildman–Crippen MR) is 96.5 cm³/mol. The van der Waals surface area contributed by atoms with E-state index in [1.165, 1.54) is 11.3 Å². The minimum atomic E-state index is -0.139. The number of nitrogens with zero attached hydrogens (tertiary/aromatic N) is 3. The van der Waals surface area contributed by atoms with E-state index >= 15 is 0 Å². The third-order valence-electron chi connectivity index (χ3n) is 4.58. The zero-order chi connectivity index (χ0) is 17.4. The van der Waals surface area contributed by atoms with Crippen molar-refractivity contribution >= 4 is 17.2 Å². The van der Waals surface area contributed by atoms with Gasteiger partial charge in [0.1, 0.15) is 6.04 Å². The Morgan fingerprint density at radius 3 is 2.84 bits per heavy atom. The quantitative estimate of drug-likeness (QED) is 0.700. The Balaban J connectivity index is 1.61. The number of hydrogen-bond donors (Lipinski definition) is 0. The molecule has 1 fully saturated rings. The van der Waals surface area contributed by atoms with Crippen molar-refractivity contribution in [2.45, 2.75) is 32.7 Å². The van der Waals surface area contributed by atoms with Crippen LogP contribution in [-0.4, -0.2) is 27.5 Å². The van der Waals surface area contributed by atoms with Crippen molar-refractivity contribution in [1.82, 2.24) is 15.0 Å². The molecule has 1 amide bonds. The first kappa shape index (κ1) is 16.0. The van der Waals surface area contributed by atoms with Crippen LogP contribution >= 0.6 is 11.3 Å². The summed E-state index contributed by atoms with van der Waals surface area (Å²) in [6.07, 6.45) is 1.80. The molecule has 128 valence electrons. The van der Waals surface area contributed by atoms with Crippen LogP contribution < -0.4 is 0 Å². The molecule has 0 N–H and O–H groups in total. The molecule has 0 aliphatic carbocycles. The molecule has 1 aromatic carbocycles. The van der Waals surface area contributed by atoms with E-state index in [0.717, 1.165) is 40.3 Å². The molecular formula is C19H19N3O2S. The van der Waals surface area contributed by atoms with Crippen LogP contribution in [0.25, 0.3) is 11.4 Å². The van der Waals surface area contributed by atoms with Gasteiger partial charge in [-0.3, -0.25) is 4.79 Å². The van der Waals surface area contributed by atoms with Gasteiger partial charge >= 0.3 is 0 Å². The van der Waals surface area contributed by atoms with Crippen molar-refractivity contribution in [3.63, 3.8) is 0 Å². The van der Waals surface area contributed by atoms with Crippen LogP contribution in [0.4, 0.5) is 0 Å². The van der Waals surface area contributed by atoms with Crippen LogP contribution in [-0.2, 0) is 0 Å². The summed E-state index contributed by atoms with van der Waals surface area (Å²) in [6, 6.07) is 11.7. The lowest BCUT2D eigenvalue weighted by Gasteiger charge is -2.21. The summed E-state index contributed by atoms with van der Waals surface area (Å²) < 4.78 is 5.53. The first-order valence-corrected chi connectivity index (χ1v) is 9.22. The van der Waals surface area contributed by atoms with E-state index in [1.54, 1.807) is 0 Å². The number of amides is 1. The molecule has 6 heteroatoms. The number of thiophene rings is 1. The van der Waals surface area contributed by atoms with Gasteiger partial charge < -0.3 is 9.42 Å². The topological polar surface area (TPSA) is 59.2 Å². The van der Waals surface area contributed by atoms with Crippen LogP contribution in [0.1, 0.15) is 44.9 Å². The lowest BCUT2D eigenvalue weighted by molar-refractivity contribution is 0.0715. The predicted octanol–water partition coefficient (Wildman–Crippen LogP) is 4.39. The molecular weight excluding hydrogens is 334 g/mol. The standard InChI is InChI=1S/C19H19N3O2S/c1-12-6-3-4-7-14(12)17-20-18(24-21-17)15-8-5-11-22(15)19(23)16-10-9-13(2)25-16/h3-4,6-7,9-10,15H,5,8,11H2,1-2H3/t15-/m0/s1. The van der Waals surface area contributed by atoms with Crippen LogP contribution in [0.3, 0.4) is 0 Å². The monoisotopic (exact) mass is 353 g/mol. The lowest BCUT2D eigenvalue weighted by Crippen LogP contribution is -2.30. The minimum Gasteiger partial charge on any atom is -0.337 e. The van der Waals surface area contributed by atoms with E-state index in [0.29, 0.717) is 11.7 Å². The second-order valence-electron chi connectivity index (χ2n) is 6.34. The summed E-state index contributed by atoms with van der Waals surface area (Å²) in [5.74, 6) is 1.16. The molecule has 1 aliphatic rings. The van der Waals surface area contributed by atoms with Gasteiger partial charge in [0, 0.05) is 17.0 Å². The van der Waals surface area contributed by atoms with Crippen molar-refractivity contribution in [1.29, 1.82) is 0 Å². The highest BCUT2D eigenvalue weighted by atomic mass is 32.1. The van der Waals surface area contributed by atoms with Crippen molar-refractivity contribution in [3.8, 4) is 11.4 Å². The van der Waals surface area contributed by atoms with E-state index in [1.807, 2.05) is 55.1 Å².